The number of nitrogens with one attached hydrogen (secondary N) is 1. The average Bonchev–Trinajstić information content (AvgIpc) is 2.48. The lowest BCUT2D eigenvalue weighted by Gasteiger charge is -2.50. The predicted octanol–water partition coefficient (Wildman–Crippen LogP) is 3.60. The molecule has 0 unspecified atom stereocenters. The van der Waals surface area contributed by atoms with E-state index in [1.807, 2.05) is 31.2 Å². The van der Waals surface area contributed by atoms with Gasteiger partial charge >= 0.3 is 6.03 Å². The number of fused-ring (bicyclic) bond motifs is 4. The molecule has 0 saturated carbocycles. The normalized spacial score (nSPS) is 26.0. The number of ether oxygens (including phenoxy) is 1. The van der Waals surface area contributed by atoms with E-state index in [0.29, 0.717) is 12.1 Å². The molecule has 0 radical (unpaired) electrons. The SMILES string of the molecule is C[C@@]12C[C@H](NC(=O)N1c1ccc(F)cc1)c1ccccc1O2. The molecule has 0 spiro atoms. The molecule has 2 aliphatic rings. The number of urea groups is 1. The molecule has 2 bridgehead atoms. The third kappa shape index (κ3) is 1.85. The minimum Gasteiger partial charge on any atom is -0.467 e. The molecular formula is C17H15FN2O2. The standard InChI is InChI=1S/C17H15FN2O2/c1-17-10-14(13-4-2-3-5-15(13)22-17)19-16(21)20(17)12-8-6-11(18)7-9-12/h2-9,14H,10H2,1H3,(H,19,21)/t14-,17+/m0/s1. The van der Waals surface area contributed by atoms with Crippen LogP contribution in [0.1, 0.15) is 24.9 Å². The van der Waals surface area contributed by atoms with Crippen LogP contribution in [0.5, 0.6) is 5.75 Å². The van der Waals surface area contributed by atoms with E-state index < -0.39 is 5.72 Å². The topological polar surface area (TPSA) is 41.6 Å². The van der Waals surface area contributed by atoms with Crippen molar-refractivity contribution < 1.29 is 13.9 Å². The number of nitrogens with zero attached hydrogens (tertiary/aromatic N) is 1. The summed E-state index contributed by atoms with van der Waals surface area (Å²) in [6, 6.07) is 13.3. The van der Waals surface area contributed by atoms with Crippen LogP contribution in [0.3, 0.4) is 0 Å². The first-order chi connectivity index (χ1) is 10.6. The third-order valence-electron chi connectivity index (χ3n) is 4.27. The number of carbonyl (C=O) groups is 1. The molecule has 4 rings (SSSR count). The Hall–Kier alpha value is -2.56. The zero-order chi connectivity index (χ0) is 15.3. The van der Waals surface area contributed by atoms with Crippen LogP contribution in [0, 0.1) is 5.82 Å². The fraction of sp³-hybridized carbons (Fsp3) is 0.235. The molecule has 112 valence electrons. The molecule has 2 aliphatic heterocycles. The van der Waals surface area contributed by atoms with Gasteiger partial charge in [0.2, 0.25) is 0 Å². The molecule has 2 amide bonds. The fourth-order valence-electron chi connectivity index (χ4n) is 3.30. The first-order valence-corrected chi connectivity index (χ1v) is 7.21. The zero-order valence-corrected chi connectivity index (χ0v) is 12.0. The Kier molecular flexibility index (Phi) is 2.66. The molecule has 4 nitrogen and oxygen atoms in total. The molecule has 2 aromatic carbocycles. The van der Waals surface area contributed by atoms with Crippen molar-refractivity contribution in [2.75, 3.05) is 4.90 Å². The van der Waals surface area contributed by atoms with E-state index >= 15 is 0 Å². The Morgan fingerprint density at radius 2 is 1.95 bits per heavy atom. The highest BCUT2D eigenvalue weighted by atomic mass is 19.1. The first-order valence-electron chi connectivity index (χ1n) is 7.21. The van der Waals surface area contributed by atoms with Crippen LogP contribution in [0.25, 0.3) is 0 Å². The number of rotatable bonds is 1. The van der Waals surface area contributed by atoms with Gasteiger partial charge in [-0.25, -0.2) is 9.18 Å². The Bertz CT molecular complexity index is 747. The van der Waals surface area contributed by atoms with Crippen molar-refractivity contribution in [2.45, 2.75) is 25.1 Å². The van der Waals surface area contributed by atoms with Gasteiger partial charge < -0.3 is 10.1 Å². The zero-order valence-electron chi connectivity index (χ0n) is 12.0. The van der Waals surface area contributed by atoms with Gasteiger partial charge in [-0.1, -0.05) is 18.2 Å². The van der Waals surface area contributed by atoms with Gasteiger partial charge in [0, 0.05) is 17.7 Å². The van der Waals surface area contributed by atoms with E-state index in [-0.39, 0.29) is 17.9 Å². The van der Waals surface area contributed by atoms with E-state index in [0.717, 1.165) is 11.3 Å². The maximum Gasteiger partial charge on any atom is 0.325 e. The molecule has 1 fully saturated rings. The van der Waals surface area contributed by atoms with Gasteiger partial charge in [-0.2, -0.15) is 0 Å². The van der Waals surface area contributed by atoms with Crippen molar-refractivity contribution in [1.82, 2.24) is 5.32 Å². The molecule has 5 heteroatoms. The summed E-state index contributed by atoms with van der Waals surface area (Å²) < 4.78 is 19.3. The second kappa shape index (κ2) is 4.47. The number of halogens is 1. The maximum absolute atomic E-state index is 13.1. The Balaban J connectivity index is 1.80. The Labute approximate surface area is 127 Å². The number of anilines is 1. The van der Waals surface area contributed by atoms with E-state index in [9.17, 15) is 9.18 Å². The van der Waals surface area contributed by atoms with Crippen LogP contribution in [0.2, 0.25) is 0 Å². The van der Waals surface area contributed by atoms with E-state index in [2.05, 4.69) is 5.32 Å². The molecule has 0 aromatic heterocycles. The molecule has 22 heavy (non-hydrogen) atoms. The van der Waals surface area contributed by atoms with Crippen LogP contribution in [-0.2, 0) is 0 Å². The number of carbonyl (C=O) groups excluding carboxylic acids is 1. The molecule has 2 atom stereocenters. The fourth-order valence-corrected chi connectivity index (χ4v) is 3.30. The highest BCUT2D eigenvalue weighted by molar-refractivity contribution is 5.94. The third-order valence-corrected chi connectivity index (χ3v) is 4.27. The summed E-state index contributed by atoms with van der Waals surface area (Å²) in [5, 5.41) is 3.01. The minimum absolute atomic E-state index is 0.0702. The lowest BCUT2D eigenvalue weighted by atomic mass is 9.90. The molecule has 1 saturated heterocycles. The Morgan fingerprint density at radius 1 is 1.23 bits per heavy atom. The predicted molar refractivity (Wildman–Crippen MR) is 80.2 cm³/mol. The summed E-state index contributed by atoms with van der Waals surface area (Å²) in [4.78, 5) is 14.1. The molecule has 2 aromatic rings. The van der Waals surface area contributed by atoms with Crippen molar-refractivity contribution in [2.24, 2.45) is 0 Å². The summed E-state index contributed by atoms with van der Waals surface area (Å²) in [6.45, 7) is 1.89. The highest BCUT2D eigenvalue weighted by Gasteiger charge is 2.49. The molecular weight excluding hydrogens is 283 g/mol. The van der Waals surface area contributed by atoms with E-state index in [1.165, 1.54) is 12.1 Å². The lowest BCUT2D eigenvalue weighted by molar-refractivity contribution is 0.0378. The van der Waals surface area contributed by atoms with Gasteiger partial charge in [0.25, 0.3) is 0 Å². The second-order valence-electron chi connectivity index (χ2n) is 5.83. The first kappa shape index (κ1) is 13.1. The average molecular weight is 298 g/mol. The van der Waals surface area contributed by atoms with Gasteiger partial charge in [-0.15, -0.1) is 0 Å². The van der Waals surface area contributed by atoms with Gasteiger partial charge in [-0.05, 0) is 37.3 Å². The van der Waals surface area contributed by atoms with Crippen LogP contribution in [0.4, 0.5) is 14.9 Å². The molecule has 2 heterocycles. The number of hydrogen-bond acceptors (Lipinski definition) is 2. The minimum atomic E-state index is -0.792. The van der Waals surface area contributed by atoms with Gasteiger partial charge in [-0.3, -0.25) is 4.90 Å². The number of para-hydroxylation sites is 1. The largest absolute Gasteiger partial charge is 0.467 e. The summed E-state index contributed by atoms with van der Waals surface area (Å²) in [7, 11) is 0. The van der Waals surface area contributed by atoms with Crippen molar-refractivity contribution in [3.05, 3.63) is 59.9 Å². The summed E-state index contributed by atoms with van der Waals surface area (Å²) in [6.07, 6.45) is 0.632. The highest BCUT2D eigenvalue weighted by Crippen LogP contribution is 2.45. The van der Waals surface area contributed by atoms with Crippen LogP contribution in [0.15, 0.2) is 48.5 Å². The van der Waals surface area contributed by atoms with Gasteiger partial charge in [0.05, 0.1) is 6.04 Å². The van der Waals surface area contributed by atoms with E-state index in [1.54, 1.807) is 17.0 Å². The van der Waals surface area contributed by atoms with Crippen LogP contribution in [-0.4, -0.2) is 11.8 Å². The van der Waals surface area contributed by atoms with Gasteiger partial charge in [0.1, 0.15) is 11.6 Å². The van der Waals surface area contributed by atoms with Crippen molar-refractivity contribution in [3.63, 3.8) is 0 Å². The molecule has 1 N–H and O–H groups in total. The van der Waals surface area contributed by atoms with Crippen LogP contribution < -0.4 is 15.0 Å². The maximum atomic E-state index is 13.1. The van der Waals surface area contributed by atoms with Crippen LogP contribution >= 0.6 is 0 Å². The summed E-state index contributed by atoms with van der Waals surface area (Å²) >= 11 is 0. The Morgan fingerprint density at radius 3 is 2.73 bits per heavy atom. The monoisotopic (exact) mass is 298 g/mol. The van der Waals surface area contributed by atoms with Crippen molar-refractivity contribution in [3.8, 4) is 5.75 Å². The number of hydrogen-bond donors (Lipinski definition) is 1. The molecule has 0 aliphatic carbocycles. The second-order valence-corrected chi connectivity index (χ2v) is 5.83. The number of benzene rings is 2. The number of amides is 2. The lowest BCUT2D eigenvalue weighted by Crippen LogP contribution is -2.65. The van der Waals surface area contributed by atoms with Crippen molar-refractivity contribution >= 4 is 11.7 Å². The van der Waals surface area contributed by atoms with Gasteiger partial charge in [0.15, 0.2) is 5.72 Å². The summed E-state index contributed by atoms with van der Waals surface area (Å²) in [5.41, 5.74) is 0.811. The summed E-state index contributed by atoms with van der Waals surface area (Å²) in [5.74, 6) is 0.437. The van der Waals surface area contributed by atoms with E-state index in [4.69, 9.17) is 4.74 Å². The smallest absolute Gasteiger partial charge is 0.325 e. The van der Waals surface area contributed by atoms with Crippen molar-refractivity contribution in [1.29, 1.82) is 0 Å². The quantitative estimate of drug-likeness (QED) is 0.874.